The highest BCUT2D eigenvalue weighted by atomic mass is 16.4. The summed E-state index contributed by atoms with van der Waals surface area (Å²) in [6.07, 6.45) is 4.01. The molecule has 98 valence electrons. The molecule has 0 spiro atoms. The number of aromatic nitrogens is 3. The highest BCUT2D eigenvalue weighted by Crippen LogP contribution is 2.44. The van der Waals surface area contributed by atoms with Crippen LogP contribution in [0.5, 0.6) is 0 Å². The Balaban J connectivity index is 1.90. The van der Waals surface area contributed by atoms with E-state index in [2.05, 4.69) is 17.0 Å². The van der Waals surface area contributed by atoms with E-state index in [1.54, 1.807) is 4.68 Å². The van der Waals surface area contributed by atoms with Gasteiger partial charge in [-0.25, -0.2) is 4.98 Å². The summed E-state index contributed by atoms with van der Waals surface area (Å²) in [4.78, 5) is 15.9. The van der Waals surface area contributed by atoms with Crippen LogP contribution in [0.25, 0.3) is 0 Å². The molecule has 1 heterocycles. The van der Waals surface area contributed by atoms with E-state index < -0.39 is 5.97 Å². The molecule has 2 aliphatic rings. The van der Waals surface area contributed by atoms with Crippen LogP contribution >= 0.6 is 0 Å². The summed E-state index contributed by atoms with van der Waals surface area (Å²) in [6, 6.07) is 0. The summed E-state index contributed by atoms with van der Waals surface area (Å²) in [5.41, 5.74) is 0. The van der Waals surface area contributed by atoms with E-state index >= 15 is 0 Å². The van der Waals surface area contributed by atoms with E-state index in [0.717, 1.165) is 24.5 Å². The van der Waals surface area contributed by atoms with Crippen LogP contribution in [0.1, 0.15) is 56.1 Å². The molecular weight excluding hydrogens is 230 g/mol. The molecule has 0 radical (unpaired) electrons. The third kappa shape index (κ3) is 1.91. The lowest BCUT2D eigenvalue weighted by molar-refractivity contribution is -0.142. The van der Waals surface area contributed by atoms with Crippen LogP contribution in [-0.2, 0) is 11.8 Å². The van der Waals surface area contributed by atoms with Gasteiger partial charge in [0.1, 0.15) is 5.82 Å². The SMILES string of the molecule is CC1CC(C(=O)O)C(c2nc(C3CC3)nn2C)C1. The molecule has 3 atom stereocenters. The number of aryl methyl sites for hydroxylation is 1. The van der Waals surface area contributed by atoms with Gasteiger partial charge >= 0.3 is 5.97 Å². The highest BCUT2D eigenvalue weighted by molar-refractivity contribution is 5.71. The quantitative estimate of drug-likeness (QED) is 0.888. The first-order valence-electron chi connectivity index (χ1n) is 6.70. The maximum Gasteiger partial charge on any atom is 0.307 e. The van der Waals surface area contributed by atoms with Crippen molar-refractivity contribution in [3.05, 3.63) is 11.6 Å². The van der Waals surface area contributed by atoms with Crippen LogP contribution < -0.4 is 0 Å². The third-order valence-electron chi connectivity index (χ3n) is 4.20. The highest BCUT2D eigenvalue weighted by Gasteiger charge is 2.41. The van der Waals surface area contributed by atoms with Crippen LogP contribution in [0.2, 0.25) is 0 Å². The molecule has 18 heavy (non-hydrogen) atoms. The maximum absolute atomic E-state index is 11.3. The first-order chi connectivity index (χ1) is 8.56. The van der Waals surface area contributed by atoms with Gasteiger partial charge in [-0.1, -0.05) is 6.92 Å². The molecule has 2 saturated carbocycles. The van der Waals surface area contributed by atoms with Gasteiger partial charge in [0.2, 0.25) is 0 Å². The normalized spacial score (nSPS) is 31.8. The van der Waals surface area contributed by atoms with Crippen LogP contribution in [-0.4, -0.2) is 25.8 Å². The Bertz CT molecular complexity index is 479. The van der Waals surface area contributed by atoms with Gasteiger partial charge in [-0.3, -0.25) is 9.48 Å². The molecule has 2 aliphatic carbocycles. The Morgan fingerprint density at radius 2 is 2.11 bits per heavy atom. The second-order valence-corrected chi connectivity index (χ2v) is 5.85. The zero-order chi connectivity index (χ0) is 12.9. The van der Waals surface area contributed by atoms with Crippen molar-refractivity contribution in [2.45, 2.75) is 44.4 Å². The van der Waals surface area contributed by atoms with Crippen molar-refractivity contribution in [3.63, 3.8) is 0 Å². The van der Waals surface area contributed by atoms with Crippen LogP contribution in [0.15, 0.2) is 0 Å². The molecule has 3 unspecified atom stereocenters. The average Bonchev–Trinajstić information content (AvgIpc) is 2.97. The van der Waals surface area contributed by atoms with Crippen LogP contribution in [0.4, 0.5) is 0 Å². The zero-order valence-corrected chi connectivity index (χ0v) is 10.8. The zero-order valence-electron chi connectivity index (χ0n) is 10.8. The van der Waals surface area contributed by atoms with Crippen molar-refractivity contribution in [3.8, 4) is 0 Å². The molecule has 0 aliphatic heterocycles. The molecule has 2 fully saturated rings. The summed E-state index contributed by atoms with van der Waals surface area (Å²) >= 11 is 0. The van der Waals surface area contributed by atoms with E-state index in [1.807, 2.05) is 7.05 Å². The van der Waals surface area contributed by atoms with Crippen LogP contribution in [0.3, 0.4) is 0 Å². The van der Waals surface area contributed by atoms with Crippen molar-refractivity contribution >= 4 is 5.97 Å². The van der Waals surface area contributed by atoms with Crippen molar-refractivity contribution in [1.82, 2.24) is 14.8 Å². The molecule has 0 saturated heterocycles. The van der Waals surface area contributed by atoms with Crippen molar-refractivity contribution < 1.29 is 9.90 Å². The third-order valence-corrected chi connectivity index (χ3v) is 4.20. The fraction of sp³-hybridized carbons (Fsp3) is 0.769. The van der Waals surface area contributed by atoms with Gasteiger partial charge < -0.3 is 5.11 Å². The lowest BCUT2D eigenvalue weighted by atomic mass is 9.95. The summed E-state index contributed by atoms with van der Waals surface area (Å²) in [5.74, 6) is 1.80. The molecule has 5 nitrogen and oxygen atoms in total. The Kier molecular flexibility index (Phi) is 2.64. The molecule has 1 aromatic rings. The number of carboxylic acids is 1. The van der Waals surface area contributed by atoms with E-state index in [4.69, 9.17) is 0 Å². The number of carboxylic acid groups (broad SMARTS) is 1. The molecule has 0 bridgehead atoms. The standard InChI is InChI=1S/C13H19N3O2/c1-7-5-9(10(6-7)13(17)18)12-14-11(8-3-4-8)15-16(12)2/h7-10H,3-6H2,1-2H3,(H,17,18). The predicted octanol–water partition coefficient (Wildman–Crippen LogP) is 1.91. The molecule has 5 heteroatoms. The second-order valence-electron chi connectivity index (χ2n) is 5.85. The number of carbonyl (C=O) groups is 1. The smallest absolute Gasteiger partial charge is 0.307 e. The van der Waals surface area contributed by atoms with E-state index in [9.17, 15) is 9.90 Å². The minimum atomic E-state index is -0.694. The first-order valence-corrected chi connectivity index (χ1v) is 6.70. The van der Waals surface area contributed by atoms with Gasteiger partial charge in [0.15, 0.2) is 5.82 Å². The van der Waals surface area contributed by atoms with Crippen LogP contribution in [0, 0.1) is 11.8 Å². The molecule has 3 rings (SSSR count). The topological polar surface area (TPSA) is 68.0 Å². The van der Waals surface area contributed by atoms with E-state index in [0.29, 0.717) is 11.8 Å². The minimum absolute atomic E-state index is 0.0301. The first kappa shape index (κ1) is 11.7. The Hall–Kier alpha value is -1.39. The number of rotatable bonds is 3. The molecule has 1 N–H and O–H groups in total. The summed E-state index contributed by atoms with van der Waals surface area (Å²) in [7, 11) is 1.89. The van der Waals surface area contributed by atoms with Gasteiger partial charge in [0.05, 0.1) is 5.92 Å². The van der Waals surface area contributed by atoms with E-state index in [-0.39, 0.29) is 11.8 Å². The monoisotopic (exact) mass is 249 g/mol. The summed E-state index contributed by atoms with van der Waals surface area (Å²) < 4.78 is 1.80. The predicted molar refractivity (Wildman–Crippen MR) is 65.2 cm³/mol. The van der Waals surface area contributed by atoms with Gasteiger partial charge in [-0.05, 0) is 31.6 Å². The number of nitrogens with zero attached hydrogens (tertiary/aromatic N) is 3. The Morgan fingerprint density at radius 3 is 2.72 bits per heavy atom. The fourth-order valence-corrected chi connectivity index (χ4v) is 3.10. The fourth-order valence-electron chi connectivity index (χ4n) is 3.10. The number of hydrogen-bond acceptors (Lipinski definition) is 3. The Labute approximate surface area is 106 Å². The maximum atomic E-state index is 11.3. The van der Waals surface area contributed by atoms with Gasteiger partial charge in [0, 0.05) is 18.9 Å². The molecule has 0 aromatic carbocycles. The lowest BCUT2D eigenvalue weighted by Gasteiger charge is -2.14. The molecular formula is C13H19N3O2. The lowest BCUT2D eigenvalue weighted by Crippen LogP contribution is -2.19. The number of aliphatic carboxylic acids is 1. The van der Waals surface area contributed by atoms with Crippen molar-refractivity contribution in [2.24, 2.45) is 18.9 Å². The van der Waals surface area contributed by atoms with Gasteiger partial charge in [0.25, 0.3) is 0 Å². The van der Waals surface area contributed by atoms with E-state index in [1.165, 1.54) is 12.8 Å². The minimum Gasteiger partial charge on any atom is -0.481 e. The second kappa shape index (κ2) is 4.07. The largest absolute Gasteiger partial charge is 0.481 e. The van der Waals surface area contributed by atoms with Gasteiger partial charge in [-0.15, -0.1) is 0 Å². The molecule has 1 aromatic heterocycles. The number of hydrogen-bond donors (Lipinski definition) is 1. The Morgan fingerprint density at radius 1 is 1.39 bits per heavy atom. The average molecular weight is 249 g/mol. The van der Waals surface area contributed by atoms with Gasteiger partial charge in [-0.2, -0.15) is 5.10 Å². The summed E-state index contributed by atoms with van der Waals surface area (Å²) in [5, 5.41) is 13.8. The van der Waals surface area contributed by atoms with Crippen molar-refractivity contribution in [2.75, 3.05) is 0 Å². The summed E-state index contributed by atoms with van der Waals surface area (Å²) in [6.45, 7) is 2.12. The van der Waals surface area contributed by atoms with Crippen molar-refractivity contribution in [1.29, 1.82) is 0 Å². The molecule has 0 amide bonds.